The fraction of sp³-hybridized carbons (Fsp3) is 0.421. The molecule has 4 nitrogen and oxygen atoms in total. The Labute approximate surface area is 147 Å². The first kappa shape index (κ1) is 18.4. The van der Waals surface area contributed by atoms with Gasteiger partial charge in [-0.3, -0.25) is 4.79 Å². The highest BCUT2D eigenvalue weighted by Gasteiger charge is 2.37. The van der Waals surface area contributed by atoms with Crippen LogP contribution < -0.4 is 0 Å². The van der Waals surface area contributed by atoms with Crippen molar-refractivity contribution in [1.29, 1.82) is 5.26 Å². The lowest BCUT2D eigenvalue weighted by Gasteiger charge is -2.29. The van der Waals surface area contributed by atoms with Gasteiger partial charge in [0, 0.05) is 29.5 Å². The molecule has 0 N–H and O–H groups in total. The molecular formula is C19H22N2O2S. The standard InChI is InChI=1S/C19H22N2O2S/c1-4-23-10-11-24-19-16(12-20)18(15-8-6-5-7-9-15)17(14(3)22)13(2)21-19/h5-9,16,18H,4,10-11H2,1-3H3/t16?,18-/m0/s1. The van der Waals surface area contributed by atoms with Gasteiger partial charge in [0.1, 0.15) is 5.92 Å². The summed E-state index contributed by atoms with van der Waals surface area (Å²) in [5, 5.41) is 10.5. The molecule has 2 atom stereocenters. The molecular weight excluding hydrogens is 320 g/mol. The molecule has 0 radical (unpaired) electrons. The average molecular weight is 342 g/mol. The van der Waals surface area contributed by atoms with Gasteiger partial charge in [0.05, 0.1) is 17.7 Å². The molecule has 5 heteroatoms. The summed E-state index contributed by atoms with van der Waals surface area (Å²) >= 11 is 1.54. The van der Waals surface area contributed by atoms with E-state index in [4.69, 9.17) is 4.74 Å². The maximum absolute atomic E-state index is 12.2. The predicted molar refractivity (Wildman–Crippen MR) is 98.1 cm³/mol. The highest BCUT2D eigenvalue weighted by Crippen LogP contribution is 2.41. The van der Waals surface area contributed by atoms with Crippen LogP contribution in [-0.4, -0.2) is 29.8 Å². The van der Waals surface area contributed by atoms with Gasteiger partial charge < -0.3 is 4.74 Å². The van der Waals surface area contributed by atoms with Gasteiger partial charge in [-0.05, 0) is 26.3 Å². The van der Waals surface area contributed by atoms with Crippen LogP contribution in [-0.2, 0) is 9.53 Å². The first-order valence-corrected chi connectivity index (χ1v) is 9.04. The molecule has 0 fully saturated rings. The number of carbonyl (C=O) groups excluding carboxylic acids is 1. The van der Waals surface area contributed by atoms with Gasteiger partial charge in [0.25, 0.3) is 0 Å². The largest absolute Gasteiger partial charge is 0.381 e. The zero-order valence-electron chi connectivity index (χ0n) is 14.3. The molecule has 1 aliphatic rings. The number of thioether (sulfide) groups is 1. The molecule has 0 spiro atoms. The summed E-state index contributed by atoms with van der Waals surface area (Å²) in [6, 6.07) is 12.1. The van der Waals surface area contributed by atoms with Crippen LogP contribution in [0.25, 0.3) is 0 Å². The zero-order chi connectivity index (χ0) is 17.5. The number of ether oxygens (including phenoxy) is 1. The number of allylic oxidation sites excluding steroid dienone is 2. The van der Waals surface area contributed by atoms with E-state index in [0.29, 0.717) is 24.5 Å². The van der Waals surface area contributed by atoms with Gasteiger partial charge in [-0.15, -0.1) is 11.8 Å². The summed E-state index contributed by atoms with van der Waals surface area (Å²) in [5.74, 6) is 0.0147. The van der Waals surface area contributed by atoms with Gasteiger partial charge in [0.15, 0.2) is 5.78 Å². The number of aliphatic imine (C=N–C) groups is 1. The number of hydrogen-bond acceptors (Lipinski definition) is 5. The van der Waals surface area contributed by atoms with Crippen molar-refractivity contribution in [1.82, 2.24) is 0 Å². The summed E-state index contributed by atoms with van der Waals surface area (Å²) in [5.41, 5.74) is 2.33. The molecule has 0 bridgehead atoms. The van der Waals surface area contributed by atoms with Gasteiger partial charge in [-0.1, -0.05) is 30.3 Å². The average Bonchev–Trinajstić information content (AvgIpc) is 2.58. The number of nitrogens with zero attached hydrogens (tertiary/aromatic N) is 2. The van der Waals surface area contributed by atoms with Crippen LogP contribution in [0, 0.1) is 17.2 Å². The highest BCUT2D eigenvalue weighted by molar-refractivity contribution is 8.14. The first-order chi connectivity index (χ1) is 11.6. The van der Waals surface area contributed by atoms with Crippen LogP contribution in [0.5, 0.6) is 0 Å². The van der Waals surface area contributed by atoms with Crippen LogP contribution in [0.4, 0.5) is 0 Å². The number of ketones is 1. The molecule has 126 valence electrons. The third-order valence-corrected chi connectivity index (χ3v) is 4.95. The molecule has 0 saturated carbocycles. The quantitative estimate of drug-likeness (QED) is 0.734. The second-order valence-electron chi connectivity index (χ2n) is 5.55. The zero-order valence-corrected chi connectivity index (χ0v) is 15.1. The molecule has 2 rings (SSSR count). The lowest BCUT2D eigenvalue weighted by molar-refractivity contribution is -0.114. The third kappa shape index (κ3) is 4.14. The molecule has 1 aromatic rings. The summed E-state index contributed by atoms with van der Waals surface area (Å²) in [6.45, 7) is 6.65. The van der Waals surface area contributed by atoms with E-state index in [1.54, 1.807) is 18.7 Å². The minimum Gasteiger partial charge on any atom is -0.381 e. The van der Waals surface area contributed by atoms with Crippen molar-refractivity contribution in [2.45, 2.75) is 26.7 Å². The smallest absolute Gasteiger partial charge is 0.158 e. The molecule has 0 saturated heterocycles. The molecule has 1 unspecified atom stereocenters. The fourth-order valence-electron chi connectivity index (χ4n) is 2.92. The van der Waals surface area contributed by atoms with Crippen LogP contribution in [0.3, 0.4) is 0 Å². The van der Waals surface area contributed by atoms with Crippen molar-refractivity contribution in [2.24, 2.45) is 10.9 Å². The van der Waals surface area contributed by atoms with Crippen molar-refractivity contribution >= 4 is 22.6 Å². The minimum absolute atomic E-state index is 0.0243. The molecule has 24 heavy (non-hydrogen) atoms. The Morgan fingerprint density at radius 2 is 2.08 bits per heavy atom. The van der Waals surface area contributed by atoms with Gasteiger partial charge >= 0.3 is 0 Å². The van der Waals surface area contributed by atoms with E-state index >= 15 is 0 Å². The van der Waals surface area contributed by atoms with E-state index in [2.05, 4.69) is 11.1 Å². The Bertz CT molecular complexity index is 689. The van der Waals surface area contributed by atoms with E-state index in [1.807, 2.05) is 44.2 Å². The molecule has 0 aliphatic carbocycles. The maximum Gasteiger partial charge on any atom is 0.158 e. The summed E-state index contributed by atoms with van der Waals surface area (Å²) in [6.07, 6.45) is 0. The highest BCUT2D eigenvalue weighted by atomic mass is 32.2. The maximum atomic E-state index is 12.2. The summed E-state index contributed by atoms with van der Waals surface area (Å²) < 4.78 is 5.37. The fourth-order valence-corrected chi connectivity index (χ4v) is 3.90. The molecule has 0 aromatic heterocycles. The van der Waals surface area contributed by atoms with E-state index in [0.717, 1.165) is 16.4 Å². The number of benzene rings is 1. The topological polar surface area (TPSA) is 62.4 Å². The van der Waals surface area contributed by atoms with Crippen molar-refractivity contribution in [3.8, 4) is 6.07 Å². The number of carbonyl (C=O) groups is 1. The Morgan fingerprint density at radius 1 is 1.38 bits per heavy atom. The molecule has 1 aromatic carbocycles. The Kier molecular flexibility index (Phi) is 6.77. The molecule has 1 aliphatic heterocycles. The van der Waals surface area contributed by atoms with E-state index in [1.165, 1.54) is 0 Å². The molecule has 1 heterocycles. The number of rotatable bonds is 6. The SMILES string of the molecule is CCOCCSC1=NC(C)=C(C(C)=O)[C@@H](c2ccccc2)C1C#N. The second kappa shape index (κ2) is 8.81. The number of Topliss-reactive ketones (excluding diaryl/α,β-unsaturated/α-hetero) is 1. The van der Waals surface area contributed by atoms with Crippen molar-refractivity contribution in [2.75, 3.05) is 19.0 Å². The van der Waals surface area contributed by atoms with E-state index in [9.17, 15) is 10.1 Å². The Balaban J connectivity index is 2.39. The lowest BCUT2D eigenvalue weighted by Crippen LogP contribution is -2.28. The van der Waals surface area contributed by atoms with Crippen molar-refractivity contribution < 1.29 is 9.53 Å². The Hall–Kier alpha value is -1.90. The summed E-state index contributed by atoms with van der Waals surface area (Å²) in [4.78, 5) is 16.8. The Morgan fingerprint density at radius 3 is 2.67 bits per heavy atom. The van der Waals surface area contributed by atoms with Crippen LogP contribution in [0.2, 0.25) is 0 Å². The van der Waals surface area contributed by atoms with E-state index < -0.39 is 5.92 Å². The predicted octanol–water partition coefficient (Wildman–Crippen LogP) is 3.95. The number of nitriles is 1. The van der Waals surface area contributed by atoms with Gasteiger partial charge in [-0.2, -0.15) is 5.26 Å². The monoisotopic (exact) mass is 342 g/mol. The van der Waals surface area contributed by atoms with Crippen LogP contribution >= 0.6 is 11.8 Å². The first-order valence-electron chi connectivity index (χ1n) is 8.05. The van der Waals surface area contributed by atoms with E-state index in [-0.39, 0.29) is 11.7 Å². The van der Waals surface area contributed by atoms with Gasteiger partial charge in [-0.25, -0.2) is 4.99 Å². The minimum atomic E-state index is -0.443. The van der Waals surface area contributed by atoms with Crippen LogP contribution in [0.1, 0.15) is 32.3 Å². The lowest BCUT2D eigenvalue weighted by atomic mass is 9.78. The van der Waals surface area contributed by atoms with Crippen molar-refractivity contribution in [3.05, 3.63) is 47.2 Å². The molecule has 0 amide bonds. The number of hydrogen-bond donors (Lipinski definition) is 0. The second-order valence-corrected chi connectivity index (χ2v) is 6.66. The normalized spacial score (nSPS) is 20.5. The summed E-state index contributed by atoms with van der Waals surface area (Å²) in [7, 11) is 0. The van der Waals surface area contributed by atoms with Gasteiger partial charge in [0.2, 0.25) is 0 Å². The van der Waals surface area contributed by atoms with Crippen LogP contribution in [0.15, 0.2) is 46.6 Å². The third-order valence-electron chi connectivity index (χ3n) is 3.94. The van der Waals surface area contributed by atoms with Crippen molar-refractivity contribution in [3.63, 3.8) is 0 Å².